The van der Waals surface area contributed by atoms with Crippen molar-refractivity contribution >= 4 is 5.69 Å². The zero-order valence-corrected chi connectivity index (χ0v) is 11.6. The molecule has 0 aliphatic heterocycles. The van der Waals surface area contributed by atoms with Gasteiger partial charge in [-0.15, -0.1) is 0 Å². The van der Waals surface area contributed by atoms with E-state index in [4.69, 9.17) is 0 Å². The Labute approximate surface area is 114 Å². The highest BCUT2D eigenvalue weighted by Crippen LogP contribution is 2.38. The number of anilines is 1. The molecule has 3 heteroatoms. The molecule has 0 spiro atoms. The van der Waals surface area contributed by atoms with Crippen molar-refractivity contribution in [3.63, 3.8) is 0 Å². The third-order valence-corrected chi connectivity index (χ3v) is 4.09. The molecule has 2 atom stereocenters. The van der Waals surface area contributed by atoms with Gasteiger partial charge in [-0.3, -0.25) is 4.68 Å². The second kappa shape index (κ2) is 5.08. The maximum atomic E-state index is 4.33. The molecule has 1 aliphatic rings. The van der Waals surface area contributed by atoms with E-state index in [2.05, 4.69) is 54.7 Å². The van der Waals surface area contributed by atoms with Gasteiger partial charge in [-0.25, -0.2) is 0 Å². The minimum atomic E-state index is 0.418. The van der Waals surface area contributed by atoms with Crippen LogP contribution in [-0.2, 0) is 6.54 Å². The lowest BCUT2D eigenvalue weighted by atomic mass is 9.81. The Morgan fingerprint density at radius 1 is 1.26 bits per heavy atom. The van der Waals surface area contributed by atoms with Gasteiger partial charge < -0.3 is 5.32 Å². The van der Waals surface area contributed by atoms with Gasteiger partial charge >= 0.3 is 0 Å². The van der Waals surface area contributed by atoms with E-state index in [9.17, 15) is 0 Å². The normalized spacial score (nSPS) is 22.0. The summed E-state index contributed by atoms with van der Waals surface area (Å²) >= 11 is 0. The van der Waals surface area contributed by atoms with Crippen molar-refractivity contribution in [3.8, 4) is 0 Å². The second-order valence-electron chi connectivity index (χ2n) is 5.39. The number of hydrogen-bond donors (Lipinski definition) is 1. The van der Waals surface area contributed by atoms with Gasteiger partial charge in [0.2, 0.25) is 0 Å². The fourth-order valence-electron chi connectivity index (χ4n) is 2.97. The van der Waals surface area contributed by atoms with Crippen molar-refractivity contribution in [2.24, 2.45) is 0 Å². The van der Waals surface area contributed by atoms with Gasteiger partial charge in [0, 0.05) is 12.7 Å². The number of nitrogens with zero attached hydrogens (tertiary/aromatic N) is 2. The molecule has 3 rings (SSSR count). The van der Waals surface area contributed by atoms with Crippen molar-refractivity contribution in [3.05, 3.63) is 47.8 Å². The SMILES string of the molecule is CCn1cc(NC2CCC(C)c3ccccc32)cn1. The van der Waals surface area contributed by atoms with Gasteiger partial charge in [-0.05, 0) is 36.8 Å². The molecule has 1 heterocycles. The van der Waals surface area contributed by atoms with Crippen molar-refractivity contribution in [1.82, 2.24) is 9.78 Å². The predicted octanol–water partition coefficient (Wildman–Crippen LogP) is 3.95. The molecule has 0 saturated carbocycles. The second-order valence-corrected chi connectivity index (χ2v) is 5.39. The average Bonchev–Trinajstić information content (AvgIpc) is 2.90. The summed E-state index contributed by atoms with van der Waals surface area (Å²) in [5.41, 5.74) is 4.07. The largest absolute Gasteiger partial charge is 0.376 e. The summed E-state index contributed by atoms with van der Waals surface area (Å²) in [5, 5.41) is 7.95. The van der Waals surface area contributed by atoms with Gasteiger partial charge in [-0.1, -0.05) is 31.2 Å². The fraction of sp³-hybridized carbons (Fsp3) is 0.438. The molecule has 3 nitrogen and oxygen atoms in total. The van der Waals surface area contributed by atoms with Crippen LogP contribution in [0, 0.1) is 0 Å². The predicted molar refractivity (Wildman–Crippen MR) is 78.4 cm³/mol. The Bertz CT molecular complexity index is 559. The highest BCUT2D eigenvalue weighted by Gasteiger charge is 2.24. The van der Waals surface area contributed by atoms with E-state index in [1.54, 1.807) is 0 Å². The maximum Gasteiger partial charge on any atom is 0.0731 e. The zero-order valence-electron chi connectivity index (χ0n) is 11.6. The molecule has 1 aromatic heterocycles. The van der Waals surface area contributed by atoms with Crippen molar-refractivity contribution < 1.29 is 0 Å². The van der Waals surface area contributed by atoms with Crippen LogP contribution >= 0.6 is 0 Å². The Morgan fingerprint density at radius 2 is 2.05 bits per heavy atom. The van der Waals surface area contributed by atoms with Gasteiger partial charge in [0.05, 0.1) is 17.9 Å². The number of fused-ring (bicyclic) bond motifs is 1. The summed E-state index contributed by atoms with van der Waals surface area (Å²) in [5.74, 6) is 0.674. The van der Waals surface area contributed by atoms with E-state index < -0.39 is 0 Å². The summed E-state index contributed by atoms with van der Waals surface area (Å²) in [6.07, 6.45) is 6.44. The first-order valence-electron chi connectivity index (χ1n) is 7.15. The highest BCUT2D eigenvalue weighted by atomic mass is 15.3. The minimum absolute atomic E-state index is 0.418. The van der Waals surface area contributed by atoms with Crippen LogP contribution in [0.15, 0.2) is 36.7 Å². The molecule has 0 saturated heterocycles. The van der Waals surface area contributed by atoms with Crippen molar-refractivity contribution in [2.75, 3.05) is 5.32 Å². The van der Waals surface area contributed by atoms with E-state index in [1.165, 1.54) is 24.0 Å². The molecule has 100 valence electrons. The summed E-state index contributed by atoms with van der Waals surface area (Å²) < 4.78 is 1.96. The monoisotopic (exact) mass is 255 g/mol. The first-order valence-corrected chi connectivity index (χ1v) is 7.15. The molecule has 1 aromatic carbocycles. The summed E-state index contributed by atoms with van der Waals surface area (Å²) in [4.78, 5) is 0. The molecule has 2 aromatic rings. The zero-order chi connectivity index (χ0) is 13.2. The third kappa shape index (κ3) is 2.37. The van der Waals surface area contributed by atoms with Crippen LogP contribution in [-0.4, -0.2) is 9.78 Å². The standard InChI is InChI=1S/C16H21N3/c1-3-19-11-13(10-17-19)18-16-9-8-12(2)14-6-4-5-7-15(14)16/h4-7,10-12,16,18H,3,8-9H2,1-2H3. The van der Waals surface area contributed by atoms with E-state index in [0.29, 0.717) is 12.0 Å². The lowest BCUT2D eigenvalue weighted by molar-refractivity contribution is 0.534. The number of hydrogen-bond acceptors (Lipinski definition) is 2. The lowest BCUT2D eigenvalue weighted by Gasteiger charge is -2.30. The fourth-order valence-corrected chi connectivity index (χ4v) is 2.97. The Kier molecular flexibility index (Phi) is 3.28. The molecule has 19 heavy (non-hydrogen) atoms. The van der Waals surface area contributed by atoms with Crippen LogP contribution in [0.2, 0.25) is 0 Å². The summed E-state index contributed by atoms with van der Waals surface area (Å²) in [6.45, 7) is 5.35. The van der Waals surface area contributed by atoms with Gasteiger partial charge in [0.15, 0.2) is 0 Å². The van der Waals surface area contributed by atoms with Crippen molar-refractivity contribution in [2.45, 2.75) is 45.2 Å². The first kappa shape index (κ1) is 12.3. The molecule has 0 amide bonds. The maximum absolute atomic E-state index is 4.33. The number of aryl methyl sites for hydroxylation is 1. The molecular weight excluding hydrogens is 234 g/mol. The number of rotatable bonds is 3. The third-order valence-electron chi connectivity index (χ3n) is 4.09. The number of aromatic nitrogens is 2. The topological polar surface area (TPSA) is 29.9 Å². The highest BCUT2D eigenvalue weighted by molar-refractivity contribution is 5.45. The van der Waals surface area contributed by atoms with E-state index in [0.717, 1.165) is 12.2 Å². The van der Waals surface area contributed by atoms with Crippen LogP contribution in [0.4, 0.5) is 5.69 Å². The van der Waals surface area contributed by atoms with Gasteiger partial charge in [0.1, 0.15) is 0 Å². The first-order chi connectivity index (χ1) is 9.28. The minimum Gasteiger partial charge on any atom is -0.376 e. The molecule has 0 fully saturated rings. The van der Waals surface area contributed by atoms with E-state index in [-0.39, 0.29) is 0 Å². The Balaban J connectivity index is 1.84. The molecule has 0 radical (unpaired) electrons. The van der Waals surface area contributed by atoms with E-state index in [1.807, 2.05) is 10.9 Å². The van der Waals surface area contributed by atoms with Crippen LogP contribution in [0.25, 0.3) is 0 Å². The van der Waals surface area contributed by atoms with Crippen LogP contribution in [0.3, 0.4) is 0 Å². The number of benzene rings is 1. The molecule has 1 aliphatic carbocycles. The van der Waals surface area contributed by atoms with Gasteiger partial charge in [0.25, 0.3) is 0 Å². The Hall–Kier alpha value is -1.77. The Morgan fingerprint density at radius 3 is 2.79 bits per heavy atom. The smallest absolute Gasteiger partial charge is 0.0731 e. The average molecular weight is 255 g/mol. The van der Waals surface area contributed by atoms with Gasteiger partial charge in [-0.2, -0.15) is 5.10 Å². The van der Waals surface area contributed by atoms with Crippen LogP contribution in [0.1, 0.15) is 49.8 Å². The summed E-state index contributed by atoms with van der Waals surface area (Å²) in [6, 6.07) is 9.23. The van der Waals surface area contributed by atoms with Crippen molar-refractivity contribution in [1.29, 1.82) is 0 Å². The molecule has 2 unspecified atom stereocenters. The van der Waals surface area contributed by atoms with E-state index >= 15 is 0 Å². The molecular formula is C16H21N3. The quantitative estimate of drug-likeness (QED) is 0.900. The molecule has 1 N–H and O–H groups in total. The number of nitrogens with one attached hydrogen (secondary N) is 1. The van der Waals surface area contributed by atoms with Crippen LogP contribution < -0.4 is 5.32 Å². The molecule has 0 bridgehead atoms. The summed E-state index contributed by atoms with van der Waals surface area (Å²) in [7, 11) is 0. The van der Waals surface area contributed by atoms with Crippen LogP contribution in [0.5, 0.6) is 0 Å². The lowest BCUT2D eigenvalue weighted by Crippen LogP contribution is -2.18.